The normalized spacial score (nSPS) is 23.5. The van der Waals surface area contributed by atoms with Crippen molar-refractivity contribution in [1.29, 1.82) is 0 Å². The molecule has 4 rings (SSSR count). The fraction of sp³-hybridized carbons (Fsp3) is 0.292. The number of carbonyl (C=O) groups excluding carboxylic acids is 1. The topological polar surface area (TPSA) is 215 Å². The average molecular weight is 519 g/mol. The highest BCUT2D eigenvalue weighted by molar-refractivity contribution is 5.90. The van der Waals surface area contributed by atoms with Gasteiger partial charge in [-0.2, -0.15) is 0 Å². The number of aliphatic hydroxyl groups is 3. The van der Waals surface area contributed by atoms with Crippen molar-refractivity contribution in [2.75, 3.05) is 6.61 Å². The van der Waals surface area contributed by atoms with Crippen molar-refractivity contribution in [3.63, 3.8) is 0 Å². The molecule has 1 saturated heterocycles. The maximum Gasteiger partial charge on any atom is 0.402 e. The molecule has 0 saturated carbocycles. The first kappa shape index (κ1) is 25.9. The molecule has 0 radical (unpaired) electrons. The second-order valence-corrected chi connectivity index (χ2v) is 8.25. The summed E-state index contributed by atoms with van der Waals surface area (Å²) < 4.78 is 21.9. The maximum atomic E-state index is 11.6. The van der Waals surface area contributed by atoms with Crippen molar-refractivity contribution in [2.45, 2.75) is 37.1 Å². The van der Waals surface area contributed by atoms with Gasteiger partial charge in [-0.15, -0.1) is 0 Å². The number of ether oxygens (including phenoxy) is 3. The van der Waals surface area contributed by atoms with E-state index in [0.717, 1.165) is 6.07 Å². The summed E-state index contributed by atoms with van der Waals surface area (Å²) in [5.74, 6) is -3.28. The van der Waals surface area contributed by atoms with E-state index in [0.29, 0.717) is 5.56 Å². The molecule has 0 bridgehead atoms. The zero-order valence-corrected chi connectivity index (χ0v) is 18.9. The zero-order chi connectivity index (χ0) is 26.9. The number of phenolic OH excluding ortho intramolecular Hbond substituents is 3. The van der Waals surface area contributed by atoms with Crippen LogP contribution in [0.4, 0.5) is 0 Å². The van der Waals surface area contributed by atoms with E-state index in [1.807, 2.05) is 0 Å². The number of carboxylic acids is 1. The Hall–Kier alpha value is -4.17. The lowest BCUT2D eigenvalue weighted by Gasteiger charge is -2.39. The van der Waals surface area contributed by atoms with Crippen LogP contribution < -0.4 is 4.74 Å². The Balaban J connectivity index is 1.67. The maximum absolute atomic E-state index is 11.6. The zero-order valence-electron chi connectivity index (χ0n) is 18.9. The number of aliphatic carboxylic acids is 1. The van der Waals surface area contributed by atoms with Crippen molar-refractivity contribution in [1.82, 2.24) is 0 Å². The van der Waals surface area contributed by atoms with Crippen LogP contribution in [0.1, 0.15) is 6.42 Å². The summed E-state index contributed by atoms with van der Waals surface area (Å²) in [6.45, 7) is -0.649. The van der Waals surface area contributed by atoms with Crippen molar-refractivity contribution >= 4 is 22.9 Å². The first-order valence-electron chi connectivity index (χ1n) is 10.9. The molecule has 3 aromatic rings. The van der Waals surface area contributed by atoms with Crippen LogP contribution in [0, 0.1) is 0 Å². The van der Waals surface area contributed by atoms with Crippen molar-refractivity contribution in [3.05, 3.63) is 42.5 Å². The van der Waals surface area contributed by atoms with Crippen molar-refractivity contribution < 1.29 is 64.0 Å². The van der Waals surface area contributed by atoms with Crippen molar-refractivity contribution in [2.24, 2.45) is 0 Å². The van der Waals surface area contributed by atoms with E-state index in [-0.39, 0.29) is 39.7 Å². The molecule has 13 heteroatoms. The minimum absolute atomic E-state index is 0.0262. The van der Waals surface area contributed by atoms with Gasteiger partial charge in [0.15, 0.2) is 0 Å². The number of aromatic hydroxyl groups is 3. The predicted octanol–water partition coefficient (Wildman–Crippen LogP) is 0.702. The number of hydrogen-bond donors (Lipinski definition) is 7. The van der Waals surface area contributed by atoms with E-state index in [1.165, 1.54) is 36.4 Å². The number of aliphatic hydroxyl groups excluding tert-OH is 3. The number of carbonyl (C=O) groups is 2. The summed E-state index contributed by atoms with van der Waals surface area (Å²) in [7, 11) is 0. The Kier molecular flexibility index (Phi) is 7.31. The first-order valence-corrected chi connectivity index (χ1v) is 10.9. The second-order valence-electron chi connectivity index (χ2n) is 8.25. The molecule has 13 nitrogen and oxygen atoms in total. The molecule has 2 aromatic carbocycles. The molecule has 1 aromatic heterocycles. The molecule has 1 aliphatic heterocycles. The third kappa shape index (κ3) is 5.65. The van der Waals surface area contributed by atoms with Gasteiger partial charge in [0, 0.05) is 12.1 Å². The predicted molar refractivity (Wildman–Crippen MR) is 122 cm³/mol. The standard InChI is InChI=1S/C24H22O13/c25-11-3-1-10(2-4-11)23-16(7-13-14(27)5-12(26)6-15(13)35-23)36-24-22(33)21(32)20(31)17(37-24)9-34-19(30)8-18(28)29/h1-7,17,20-22,24,31-33H,8-9H2,(H3-,25,26,27,28,29)/p+1/t17-,20-,21+,22-,24-/m1/s1. The number of hydrogen-bond acceptors (Lipinski definition) is 11. The van der Waals surface area contributed by atoms with Crippen LogP contribution in [-0.4, -0.2) is 85.0 Å². The fourth-order valence-corrected chi connectivity index (χ4v) is 3.71. The Morgan fingerprint density at radius 1 is 0.919 bits per heavy atom. The highest BCUT2D eigenvalue weighted by atomic mass is 16.7. The third-order valence-corrected chi connectivity index (χ3v) is 5.56. The number of rotatable bonds is 7. The summed E-state index contributed by atoms with van der Waals surface area (Å²) in [5, 5.41) is 69.6. The third-order valence-electron chi connectivity index (χ3n) is 5.56. The van der Waals surface area contributed by atoms with E-state index in [1.54, 1.807) is 0 Å². The monoisotopic (exact) mass is 519 g/mol. The smallest absolute Gasteiger partial charge is 0.402 e. The molecular formula is C24H23O13+. The van der Waals surface area contributed by atoms with Crippen LogP contribution in [0.5, 0.6) is 23.0 Å². The Morgan fingerprint density at radius 2 is 1.62 bits per heavy atom. The summed E-state index contributed by atoms with van der Waals surface area (Å²) in [6, 6.07) is 9.34. The van der Waals surface area contributed by atoms with Crippen LogP contribution in [0.25, 0.3) is 22.3 Å². The van der Waals surface area contributed by atoms with E-state index in [2.05, 4.69) is 0 Å². The number of esters is 1. The van der Waals surface area contributed by atoms with Gasteiger partial charge in [-0.25, -0.2) is 4.42 Å². The lowest BCUT2D eigenvalue weighted by molar-refractivity contribution is -0.278. The van der Waals surface area contributed by atoms with Crippen LogP contribution in [-0.2, 0) is 19.1 Å². The quantitative estimate of drug-likeness (QED) is 0.130. The van der Waals surface area contributed by atoms with Crippen LogP contribution >= 0.6 is 0 Å². The Labute approximate surface area is 207 Å². The highest BCUT2D eigenvalue weighted by Gasteiger charge is 2.46. The molecule has 7 N–H and O–H groups in total. The first-order chi connectivity index (χ1) is 17.5. The Morgan fingerprint density at radius 3 is 2.30 bits per heavy atom. The van der Waals surface area contributed by atoms with Gasteiger partial charge < -0.3 is 50.0 Å². The minimum Gasteiger partial charge on any atom is -0.508 e. The lowest BCUT2D eigenvalue weighted by atomic mass is 9.99. The molecule has 2 heterocycles. The van der Waals surface area contributed by atoms with Gasteiger partial charge in [-0.1, -0.05) is 0 Å². The van der Waals surface area contributed by atoms with Gasteiger partial charge in [0.1, 0.15) is 60.1 Å². The van der Waals surface area contributed by atoms with Gasteiger partial charge in [-0.05, 0) is 24.3 Å². The molecule has 5 atom stereocenters. The number of phenols is 3. The molecule has 1 aliphatic rings. The van der Waals surface area contributed by atoms with Gasteiger partial charge in [-0.3, -0.25) is 9.59 Å². The lowest BCUT2D eigenvalue weighted by Crippen LogP contribution is -2.60. The molecule has 0 aliphatic carbocycles. The van der Waals surface area contributed by atoms with Crippen molar-refractivity contribution in [3.8, 4) is 34.3 Å². The van der Waals surface area contributed by atoms with Crippen LogP contribution in [0.3, 0.4) is 0 Å². The van der Waals surface area contributed by atoms with E-state index < -0.39 is 55.7 Å². The molecule has 196 valence electrons. The molecule has 0 unspecified atom stereocenters. The molecule has 37 heavy (non-hydrogen) atoms. The van der Waals surface area contributed by atoms with Gasteiger partial charge in [0.2, 0.25) is 12.0 Å². The SMILES string of the molecule is O=C(O)CC(=O)OC[C@H]1O[C@@H](Oc2cc3c(O)cc(O)cc3[o+]c2-c2ccc(O)cc2)[C@H](O)[C@@H](O)[C@@H]1O. The summed E-state index contributed by atoms with van der Waals surface area (Å²) >= 11 is 0. The van der Waals surface area contributed by atoms with Crippen LogP contribution in [0.2, 0.25) is 0 Å². The Bertz CT molecular complexity index is 1310. The number of carboxylic acid groups (broad SMARTS) is 1. The highest BCUT2D eigenvalue weighted by Crippen LogP contribution is 2.40. The average Bonchev–Trinajstić information content (AvgIpc) is 2.83. The summed E-state index contributed by atoms with van der Waals surface area (Å²) in [5.41, 5.74) is 0.444. The second kappa shape index (κ2) is 10.4. The van der Waals surface area contributed by atoms with Gasteiger partial charge in [0.25, 0.3) is 0 Å². The number of benzene rings is 2. The molecular weight excluding hydrogens is 496 g/mol. The van der Waals surface area contributed by atoms with E-state index in [4.69, 9.17) is 23.7 Å². The fourth-order valence-electron chi connectivity index (χ4n) is 3.71. The molecule has 0 spiro atoms. The largest absolute Gasteiger partial charge is 0.508 e. The molecule has 0 amide bonds. The van der Waals surface area contributed by atoms with E-state index in [9.17, 15) is 40.2 Å². The van der Waals surface area contributed by atoms with E-state index >= 15 is 0 Å². The van der Waals surface area contributed by atoms with Crippen LogP contribution in [0.15, 0.2) is 46.9 Å². The summed E-state index contributed by atoms with van der Waals surface area (Å²) in [4.78, 5) is 22.2. The minimum atomic E-state index is -1.80. The number of fused-ring (bicyclic) bond motifs is 1. The van der Waals surface area contributed by atoms with Gasteiger partial charge >= 0.3 is 23.3 Å². The van der Waals surface area contributed by atoms with Gasteiger partial charge in [0.05, 0.1) is 11.6 Å². The molecule has 1 fully saturated rings. The summed E-state index contributed by atoms with van der Waals surface area (Å²) in [6.07, 6.45) is -9.29.